The lowest BCUT2D eigenvalue weighted by atomic mass is 9.92. The van der Waals surface area contributed by atoms with Crippen LogP contribution in [0.25, 0.3) is 0 Å². The summed E-state index contributed by atoms with van der Waals surface area (Å²) < 4.78 is 5.64. The zero-order chi connectivity index (χ0) is 22.3. The third-order valence-electron chi connectivity index (χ3n) is 7.13. The van der Waals surface area contributed by atoms with Crippen molar-refractivity contribution in [3.63, 3.8) is 0 Å². The number of anilines is 3. The fourth-order valence-electron chi connectivity index (χ4n) is 4.94. The maximum Gasteiger partial charge on any atom is 0.258 e. The van der Waals surface area contributed by atoms with E-state index >= 15 is 0 Å². The lowest BCUT2D eigenvalue weighted by Gasteiger charge is -2.35. The highest BCUT2D eigenvalue weighted by Crippen LogP contribution is 2.54. The number of rotatable bonds is 4. The first-order chi connectivity index (χ1) is 15.4. The number of aromatic nitrogens is 2. The first-order valence-electron chi connectivity index (χ1n) is 11.8. The van der Waals surface area contributed by atoms with Gasteiger partial charge in [-0.3, -0.25) is 4.79 Å². The van der Waals surface area contributed by atoms with Crippen molar-refractivity contribution in [3.8, 4) is 0 Å². The van der Waals surface area contributed by atoms with Gasteiger partial charge in [-0.05, 0) is 69.6 Å². The average Bonchev–Trinajstić information content (AvgIpc) is 3.52. The standard InChI is InChI=1S/C25H33N5O2/c1-17-4-5-20(21(14-17)29-10-8-25(6-7-25)9-11-29)23(31)27-22-15-18(2)26-24(28-22)30-12-13-32-19(3)16-30/h4-5,14-15,19H,6-13,16H2,1-3H3,(H,26,27,28,31)/t19-/m1/s1. The summed E-state index contributed by atoms with van der Waals surface area (Å²) in [5.41, 5.74) is 4.35. The van der Waals surface area contributed by atoms with Crippen LogP contribution in [0, 0.1) is 19.3 Å². The van der Waals surface area contributed by atoms with Crippen LogP contribution in [0.5, 0.6) is 0 Å². The molecule has 1 N–H and O–H groups in total. The summed E-state index contributed by atoms with van der Waals surface area (Å²) in [6.07, 6.45) is 5.35. The minimum atomic E-state index is -0.119. The molecule has 1 aromatic carbocycles. The third-order valence-corrected chi connectivity index (χ3v) is 7.13. The quantitative estimate of drug-likeness (QED) is 0.784. The molecular formula is C25H33N5O2. The second kappa shape index (κ2) is 8.35. The van der Waals surface area contributed by atoms with Crippen LogP contribution >= 0.6 is 0 Å². The van der Waals surface area contributed by atoms with Crippen molar-refractivity contribution in [3.05, 3.63) is 41.1 Å². The van der Waals surface area contributed by atoms with Gasteiger partial charge in [-0.2, -0.15) is 4.98 Å². The van der Waals surface area contributed by atoms with E-state index in [9.17, 15) is 4.79 Å². The number of nitrogens with zero attached hydrogens (tertiary/aromatic N) is 4. The van der Waals surface area contributed by atoms with Gasteiger partial charge < -0.3 is 19.9 Å². The third kappa shape index (κ3) is 4.44. The zero-order valence-corrected chi connectivity index (χ0v) is 19.4. The molecule has 0 bridgehead atoms. The number of hydrogen-bond donors (Lipinski definition) is 1. The number of carbonyl (C=O) groups is 1. The van der Waals surface area contributed by atoms with Crippen molar-refractivity contribution in [2.75, 3.05) is 47.9 Å². The Kier molecular flexibility index (Phi) is 5.53. The molecule has 1 spiro atoms. The van der Waals surface area contributed by atoms with Crippen molar-refractivity contribution in [1.29, 1.82) is 0 Å². The van der Waals surface area contributed by atoms with Crippen LogP contribution in [0.2, 0.25) is 0 Å². The van der Waals surface area contributed by atoms with Gasteiger partial charge in [-0.25, -0.2) is 4.98 Å². The van der Waals surface area contributed by atoms with Crippen LogP contribution in [-0.4, -0.2) is 54.8 Å². The number of hydrogen-bond acceptors (Lipinski definition) is 6. The Labute approximate surface area is 190 Å². The maximum atomic E-state index is 13.3. The topological polar surface area (TPSA) is 70.6 Å². The predicted molar refractivity (Wildman–Crippen MR) is 127 cm³/mol. The van der Waals surface area contributed by atoms with E-state index in [1.54, 1.807) is 0 Å². The molecule has 5 rings (SSSR count). The Morgan fingerprint density at radius 2 is 1.84 bits per heavy atom. The highest BCUT2D eigenvalue weighted by molar-refractivity contribution is 6.08. The molecule has 7 heteroatoms. The minimum Gasteiger partial charge on any atom is -0.375 e. The lowest BCUT2D eigenvalue weighted by Crippen LogP contribution is -2.42. The van der Waals surface area contributed by atoms with Gasteiger partial charge in [-0.1, -0.05) is 6.07 Å². The Morgan fingerprint density at radius 1 is 1.06 bits per heavy atom. The highest BCUT2D eigenvalue weighted by Gasteiger charge is 2.44. The van der Waals surface area contributed by atoms with Crippen LogP contribution in [0.3, 0.4) is 0 Å². The molecule has 1 atom stereocenters. The molecule has 1 aliphatic carbocycles. The number of ether oxygens (including phenoxy) is 1. The second-order valence-electron chi connectivity index (χ2n) is 9.78. The van der Waals surface area contributed by atoms with Gasteiger partial charge in [0, 0.05) is 43.6 Å². The SMILES string of the molecule is Cc1ccc(C(=O)Nc2cc(C)nc(N3CCO[C@H](C)C3)n2)c(N2CCC3(CC2)CC3)c1. The Hall–Kier alpha value is -2.67. The first-order valence-corrected chi connectivity index (χ1v) is 11.8. The molecule has 0 unspecified atom stereocenters. The smallest absolute Gasteiger partial charge is 0.258 e. The summed E-state index contributed by atoms with van der Waals surface area (Å²) in [6, 6.07) is 7.93. The monoisotopic (exact) mass is 435 g/mol. The fourth-order valence-corrected chi connectivity index (χ4v) is 4.94. The molecule has 3 fully saturated rings. The van der Waals surface area contributed by atoms with Gasteiger partial charge in [-0.15, -0.1) is 0 Å². The van der Waals surface area contributed by atoms with Crippen molar-refractivity contribution < 1.29 is 9.53 Å². The number of carbonyl (C=O) groups excluding carboxylic acids is 1. The Morgan fingerprint density at radius 3 is 2.56 bits per heavy atom. The molecule has 7 nitrogen and oxygen atoms in total. The average molecular weight is 436 g/mol. The number of piperidine rings is 1. The van der Waals surface area contributed by atoms with Crippen molar-refractivity contribution >= 4 is 23.4 Å². The van der Waals surface area contributed by atoms with Gasteiger partial charge in [0.2, 0.25) is 5.95 Å². The fraction of sp³-hybridized carbons (Fsp3) is 0.560. The molecule has 3 aliphatic rings. The van der Waals surface area contributed by atoms with Gasteiger partial charge in [0.05, 0.1) is 18.3 Å². The molecule has 170 valence electrons. The van der Waals surface area contributed by atoms with Gasteiger partial charge in [0.25, 0.3) is 5.91 Å². The number of nitrogens with one attached hydrogen (secondary N) is 1. The van der Waals surface area contributed by atoms with Gasteiger partial charge >= 0.3 is 0 Å². The van der Waals surface area contributed by atoms with Crippen LogP contribution in [0.4, 0.5) is 17.5 Å². The minimum absolute atomic E-state index is 0.119. The highest BCUT2D eigenvalue weighted by atomic mass is 16.5. The summed E-state index contributed by atoms with van der Waals surface area (Å²) in [4.78, 5) is 27.1. The lowest BCUT2D eigenvalue weighted by molar-refractivity contribution is 0.0526. The van der Waals surface area contributed by atoms with E-state index in [1.165, 1.54) is 31.2 Å². The Bertz CT molecular complexity index is 1010. The molecular weight excluding hydrogens is 402 g/mol. The van der Waals surface area contributed by atoms with Crippen LogP contribution in [-0.2, 0) is 4.74 Å². The first kappa shape index (κ1) is 21.2. The van der Waals surface area contributed by atoms with E-state index in [0.717, 1.165) is 37.6 Å². The number of aryl methyl sites for hydroxylation is 2. The number of amides is 1. The summed E-state index contributed by atoms with van der Waals surface area (Å²) in [5, 5.41) is 3.04. The molecule has 2 aliphatic heterocycles. The molecule has 2 aromatic rings. The predicted octanol–water partition coefficient (Wildman–Crippen LogP) is 3.95. The van der Waals surface area contributed by atoms with E-state index in [1.807, 2.05) is 25.1 Å². The van der Waals surface area contributed by atoms with Crippen LogP contribution < -0.4 is 15.1 Å². The summed E-state index contributed by atoms with van der Waals surface area (Å²) in [7, 11) is 0. The molecule has 2 saturated heterocycles. The maximum absolute atomic E-state index is 13.3. The van der Waals surface area contributed by atoms with Crippen LogP contribution in [0.15, 0.2) is 24.3 Å². The van der Waals surface area contributed by atoms with Crippen LogP contribution in [0.1, 0.15) is 54.2 Å². The molecule has 3 heterocycles. The normalized spacial score (nSPS) is 22.2. The summed E-state index contributed by atoms with van der Waals surface area (Å²) in [5.74, 6) is 1.06. The summed E-state index contributed by atoms with van der Waals surface area (Å²) >= 11 is 0. The number of morpholine rings is 1. The second-order valence-corrected chi connectivity index (χ2v) is 9.78. The van der Waals surface area contributed by atoms with E-state index < -0.39 is 0 Å². The largest absolute Gasteiger partial charge is 0.375 e. The van der Waals surface area contributed by atoms with E-state index in [0.29, 0.717) is 29.4 Å². The van der Waals surface area contributed by atoms with Crippen molar-refractivity contribution in [1.82, 2.24) is 9.97 Å². The summed E-state index contributed by atoms with van der Waals surface area (Å²) in [6.45, 7) is 10.3. The zero-order valence-electron chi connectivity index (χ0n) is 19.4. The number of benzene rings is 1. The van der Waals surface area contributed by atoms with Crippen molar-refractivity contribution in [2.45, 2.75) is 52.6 Å². The Balaban J connectivity index is 1.36. The van der Waals surface area contributed by atoms with Gasteiger partial charge in [0.1, 0.15) is 5.82 Å². The molecule has 0 radical (unpaired) electrons. The molecule has 1 saturated carbocycles. The van der Waals surface area contributed by atoms with E-state index in [2.05, 4.69) is 45.0 Å². The van der Waals surface area contributed by atoms with E-state index in [-0.39, 0.29) is 12.0 Å². The molecule has 1 aromatic heterocycles. The molecule has 32 heavy (non-hydrogen) atoms. The van der Waals surface area contributed by atoms with Gasteiger partial charge in [0.15, 0.2) is 0 Å². The molecule has 1 amide bonds. The van der Waals surface area contributed by atoms with Crippen molar-refractivity contribution in [2.24, 2.45) is 5.41 Å². The van der Waals surface area contributed by atoms with E-state index in [4.69, 9.17) is 4.74 Å².